The molecule has 1 fully saturated rings. The Balaban J connectivity index is 2.12. The SMILES string of the molecule is Nc1nnc(SCC(=O)O)n1C1CCC1. The van der Waals surface area contributed by atoms with Crippen LogP contribution in [0.1, 0.15) is 25.3 Å². The van der Waals surface area contributed by atoms with Gasteiger partial charge in [0, 0.05) is 6.04 Å². The molecule has 7 heteroatoms. The Morgan fingerprint density at radius 3 is 2.87 bits per heavy atom. The van der Waals surface area contributed by atoms with Crippen LogP contribution in [0.25, 0.3) is 0 Å². The highest BCUT2D eigenvalue weighted by Gasteiger charge is 2.25. The molecule has 1 aliphatic rings. The Hall–Kier alpha value is -1.24. The van der Waals surface area contributed by atoms with Crippen molar-refractivity contribution in [2.45, 2.75) is 30.5 Å². The molecule has 1 saturated carbocycles. The first kappa shape index (κ1) is 10.3. The highest BCUT2D eigenvalue weighted by atomic mass is 32.2. The minimum Gasteiger partial charge on any atom is -0.481 e. The van der Waals surface area contributed by atoms with Crippen LogP contribution in [-0.4, -0.2) is 31.6 Å². The first-order valence-corrected chi connectivity index (χ1v) is 5.72. The van der Waals surface area contributed by atoms with Gasteiger partial charge in [-0.05, 0) is 19.3 Å². The Bertz CT molecular complexity index is 375. The molecule has 82 valence electrons. The number of carboxylic acids is 1. The molecule has 1 aromatic rings. The third kappa shape index (κ3) is 2.06. The van der Waals surface area contributed by atoms with E-state index in [0.717, 1.165) is 24.6 Å². The fourth-order valence-electron chi connectivity index (χ4n) is 1.50. The Kier molecular flexibility index (Phi) is 2.81. The first-order valence-electron chi connectivity index (χ1n) is 4.73. The summed E-state index contributed by atoms with van der Waals surface area (Å²) in [5.41, 5.74) is 5.69. The lowest BCUT2D eigenvalue weighted by Crippen LogP contribution is -2.19. The van der Waals surface area contributed by atoms with Gasteiger partial charge in [0.2, 0.25) is 5.95 Å². The van der Waals surface area contributed by atoms with E-state index in [1.54, 1.807) is 0 Å². The number of nitrogen functional groups attached to an aromatic ring is 1. The van der Waals surface area contributed by atoms with Crippen LogP contribution in [0.5, 0.6) is 0 Å². The fraction of sp³-hybridized carbons (Fsp3) is 0.625. The van der Waals surface area contributed by atoms with Crippen LogP contribution in [0.15, 0.2) is 5.16 Å². The highest BCUT2D eigenvalue weighted by Crippen LogP contribution is 2.36. The van der Waals surface area contributed by atoms with Crippen LogP contribution in [0, 0.1) is 0 Å². The molecule has 0 unspecified atom stereocenters. The van der Waals surface area contributed by atoms with Crippen molar-refractivity contribution in [1.29, 1.82) is 0 Å². The van der Waals surface area contributed by atoms with Crippen molar-refractivity contribution in [1.82, 2.24) is 14.8 Å². The summed E-state index contributed by atoms with van der Waals surface area (Å²) < 4.78 is 1.84. The predicted molar refractivity (Wildman–Crippen MR) is 55.7 cm³/mol. The van der Waals surface area contributed by atoms with Gasteiger partial charge in [-0.3, -0.25) is 9.36 Å². The number of carbonyl (C=O) groups is 1. The summed E-state index contributed by atoms with van der Waals surface area (Å²) in [6.45, 7) is 0. The third-order valence-corrected chi connectivity index (χ3v) is 3.38. The van der Waals surface area contributed by atoms with E-state index in [4.69, 9.17) is 10.8 Å². The van der Waals surface area contributed by atoms with Crippen LogP contribution < -0.4 is 5.73 Å². The van der Waals surface area contributed by atoms with Gasteiger partial charge in [-0.25, -0.2) is 0 Å². The number of rotatable bonds is 4. The summed E-state index contributed by atoms with van der Waals surface area (Å²) in [6.07, 6.45) is 3.33. The van der Waals surface area contributed by atoms with Crippen molar-refractivity contribution in [3.8, 4) is 0 Å². The molecule has 0 radical (unpaired) electrons. The molecule has 0 aromatic carbocycles. The van der Waals surface area contributed by atoms with Gasteiger partial charge >= 0.3 is 5.97 Å². The first-order chi connectivity index (χ1) is 7.18. The molecule has 1 aliphatic carbocycles. The molecule has 0 amide bonds. The second-order valence-corrected chi connectivity index (χ2v) is 4.42. The summed E-state index contributed by atoms with van der Waals surface area (Å²) in [5.74, 6) is -0.487. The summed E-state index contributed by atoms with van der Waals surface area (Å²) in [6, 6.07) is 0.358. The number of aromatic nitrogens is 3. The van der Waals surface area contributed by atoms with Gasteiger partial charge in [0.25, 0.3) is 0 Å². The molecular weight excluding hydrogens is 216 g/mol. The Morgan fingerprint density at radius 1 is 1.60 bits per heavy atom. The lowest BCUT2D eigenvalue weighted by molar-refractivity contribution is -0.133. The standard InChI is InChI=1S/C8H12N4O2S/c9-7-10-11-8(15-4-6(13)14)12(7)5-2-1-3-5/h5H,1-4H2,(H2,9,10)(H,13,14). The van der Waals surface area contributed by atoms with Gasteiger partial charge in [-0.15, -0.1) is 10.2 Å². The second-order valence-electron chi connectivity index (χ2n) is 3.48. The monoisotopic (exact) mass is 228 g/mol. The maximum Gasteiger partial charge on any atom is 0.313 e. The molecule has 15 heavy (non-hydrogen) atoms. The van der Waals surface area contributed by atoms with Crippen molar-refractivity contribution in [2.75, 3.05) is 11.5 Å². The summed E-state index contributed by atoms with van der Waals surface area (Å²) in [5, 5.41) is 16.8. The van der Waals surface area contributed by atoms with Crippen LogP contribution in [0.4, 0.5) is 5.95 Å². The maximum absolute atomic E-state index is 10.4. The number of hydrogen-bond acceptors (Lipinski definition) is 5. The number of hydrogen-bond donors (Lipinski definition) is 2. The summed E-state index contributed by atoms with van der Waals surface area (Å²) in [7, 11) is 0. The molecule has 3 N–H and O–H groups in total. The van der Waals surface area contributed by atoms with Crippen molar-refractivity contribution in [3.63, 3.8) is 0 Å². The zero-order valence-corrected chi connectivity index (χ0v) is 8.90. The topological polar surface area (TPSA) is 94.0 Å². The summed E-state index contributed by atoms with van der Waals surface area (Å²) >= 11 is 1.16. The van der Waals surface area contributed by atoms with Gasteiger partial charge in [0.1, 0.15) is 0 Å². The minimum atomic E-state index is -0.860. The van der Waals surface area contributed by atoms with Crippen molar-refractivity contribution < 1.29 is 9.90 Å². The van der Waals surface area contributed by atoms with Gasteiger partial charge in [-0.1, -0.05) is 11.8 Å². The number of nitrogens with zero attached hydrogens (tertiary/aromatic N) is 3. The van der Waals surface area contributed by atoms with E-state index in [1.807, 2.05) is 4.57 Å². The highest BCUT2D eigenvalue weighted by molar-refractivity contribution is 7.99. The molecule has 0 bridgehead atoms. The van der Waals surface area contributed by atoms with E-state index in [1.165, 1.54) is 6.42 Å². The molecule has 0 atom stereocenters. The second kappa shape index (κ2) is 4.09. The largest absolute Gasteiger partial charge is 0.481 e. The summed E-state index contributed by atoms with van der Waals surface area (Å²) in [4.78, 5) is 10.4. The van der Waals surface area contributed by atoms with Gasteiger partial charge in [0.15, 0.2) is 5.16 Å². The Morgan fingerprint density at radius 2 is 2.33 bits per heavy atom. The molecule has 2 rings (SSSR count). The van der Waals surface area contributed by atoms with Gasteiger partial charge < -0.3 is 10.8 Å². The normalized spacial score (nSPS) is 16.3. The molecular formula is C8H12N4O2S. The van der Waals surface area contributed by atoms with E-state index >= 15 is 0 Å². The van der Waals surface area contributed by atoms with E-state index in [9.17, 15) is 4.79 Å². The zero-order chi connectivity index (χ0) is 10.8. The molecule has 0 spiro atoms. The number of carboxylic acid groups (broad SMARTS) is 1. The van der Waals surface area contributed by atoms with E-state index in [2.05, 4.69) is 10.2 Å². The van der Waals surface area contributed by atoms with Crippen molar-refractivity contribution in [2.24, 2.45) is 0 Å². The molecule has 0 aliphatic heterocycles. The average molecular weight is 228 g/mol. The van der Waals surface area contributed by atoms with Crippen LogP contribution in [0.3, 0.4) is 0 Å². The molecule has 1 heterocycles. The number of thioether (sulfide) groups is 1. The van der Waals surface area contributed by atoms with E-state index in [-0.39, 0.29) is 5.75 Å². The lowest BCUT2D eigenvalue weighted by Gasteiger charge is -2.28. The average Bonchev–Trinajstić information content (AvgIpc) is 2.43. The van der Waals surface area contributed by atoms with Crippen LogP contribution in [-0.2, 0) is 4.79 Å². The van der Waals surface area contributed by atoms with Crippen molar-refractivity contribution in [3.05, 3.63) is 0 Å². The van der Waals surface area contributed by atoms with E-state index < -0.39 is 5.97 Å². The fourth-order valence-corrected chi connectivity index (χ4v) is 2.23. The van der Waals surface area contributed by atoms with E-state index in [0.29, 0.717) is 17.1 Å². The third-order valence-electron chi connectivity index (χ3n) is 2.46. The molecule has 0 saturated heterocycles. The van der Waals surface area contributed by atoms with Gasteiger partial charge in [-0.2, -0.15) is 0 Å². The Labute approximate surface area is 90.9 Å². The predicted octanol–water partition coefficient (Wildman–Crippen LogP) is 0.762. The lowest BCUT2D eigenvalue weighted by atomic mass is 9.93. The smallest absolute Gasteiger partial charge is 0.313 e. The number of aliphatic carboxylic acids is 1. The zero-order valence-electron chi connectivity index (χ0n) is 8.09. The number of nitrogens with two attached hydrogens (primary N) is 1. The van der Waals surface area contributed by atoms with Crippen molar-refractivity contribution >= 4 is 23.7 Å². The maximum atomic E-state index is 10.4. The molecule has 1 aromatic heterocycles. The van der Waals surface area contributed by atoms with Gasteiger partial charge in [0.05, 0.1) is 5.75 Å². The van der Waals surface area contributed by atoms with Crippen LogP contribution in [0.2, 0.25) is 0 Å². The quantitative estimate of drug-likeness (QED) is 0.739. The number of anilines is 1. The minimum absolute atomic E-state index is 0.00907. The van der Waals surface area contributed by atoms with Crippen LogP contribution >= 0.6 is 11.8 Å². The molecule has 6 nitrogen and oxygen atoms in total.